The van der Waals surface area contributed by atoms with Gasteiger partial charge < -0.3 is 0 Å². The van der Waals surface area contributed by atoms with Crippen molar-refractivity contribution in [2.24, 2.45) is 0 Å². The van der Waals surface area contributed by atoms with Gasteiger partial charge in [0.1, 0.15) is 5.82 Å². The molecule has 5 heteroatoms. The quantitative estimate of drug-likeness (QED) is 0.268. The van der Waals surface area contributed by atoms with Crippen molar-refractivity contribution in [2.75, 3.05) is 0 Å². The van der Waals surface area contributed by atoms with Crippen molar-refractivity contribution >= 4 is 17.3 Å². The van der Waals surface area contributed by atoms with E-state index in [-0.39, 0.29) is 11.5 Å². The molecule has 141 valence electrons. The summed E-state index contributed by atoms with van der Waals surface area (Å²) in [5.41, 5.74) is 5.15. The molecule has 0 aromatic heterocycles. The third-order valence-corrected chi connectivity index (χ3v) is 4.90. The van der Waals surface area contributed by atoms with Gasteiger partial charge in [0.15, 0.2) is 0 Å². The van der Waals surface area contributed by atoms with Gasteiger partial charge in [-0.2, -0.15) is 0 Å². The Morgan fingerprint density at radius 1 is 0.793 bits per heavy atom. The Bertz CT molecular complexity index is 1170. The lowest BCUT2D eigenvalue weighted by molar-refractivity contribution is -0.384. The normalized spacial score (nSPS) is 10.7. The van der Waals surface area contributed by atoms with Gasteiger partial charge in [-0.15, -0.1) is 0 Å². The van der Waals surface area contributed by atoms with E-state index < -0.39 is 4.92 Å². The van der Waals surface area contributed by atoms with Gasteiger partial charge in [0.25, 0.3) is 5.69 Å². The number of benzene rings is 4. The zero-order valence-corrected chi connectivity index (χ0v) is 15.9. The van der Waals surface area contributed by atoms with Crippen molar-refractivity contribution < 1.29 is 9.31 Å². The lowest BCUT2D eigenvalue weighted by Gasteiger charge is -2.16. The standard InChI is InChI=1S/C24H14ClFNO2/c25-19-10-4-16(5-11-19)22-2-1-3-23(17-8-14-21(15-9-17)27(28)29)24(22)18-6-12-20(26)13-7-18/h1-2,4-15H. The lowest BCUT2D eigenvalue weighted by Crippen LogP contribution is -1.92. The van der Waals surface area contributed by atoms with Gasteiger partial charge in [0.05, 0.1) is 4.92 Å². The third-order valence-electron chi connectivity index (χ3n) is 4.65. The molecule has 0 saturated heterocycles. The monoisotopic (exact) mass is 402 g/mol. The second-order valence-corrected chi connectivity index (χ2v) is 6.90. The molecule has 4 rings (SSSR count). The van der Waals surface area contributed by atoms with Crippen LogP contribution < -0.4 is 0 Å². The average Bonchev–Trinajstić information content (AvgIpc) is 2.74. The van der Waals surface area contributed by atoms with Crippen LogP contribution in [0.3, 0.4) is 0 Å². The van der Waals surface area contributed by atoms with Gasteiger partial charge in [-0.25, -0.2) is 4.39 Å². The Labute approximate surface area is 172 Å². The number of nitro groups is 1. The first-order valence-electron chi connectivity index (χ1n) is 8.84. The van der Waals surface area contributed by atoms with Gasteiger partial charge in [-0.05, 0) is 75.8 Å². The van der Waals surface area contributed by atoms with Crippen LogP contribution >= 0.6 is 11.6 Å². The van der Waals surface area contributed by atoms with Crippen LogP contribution in [0.25, 0.3) is 33.4 Å². The van der Waals surface area contributed by atoms with Gasteiger partial charge in [0, 0.05) is 17.2 Å². The van der Waals surface area contributed by atoms with E-state index in [2.05, 4.69) is 6.07 Å². The highest BCUT2D eigenvalue weighted by Gasteiger charge is 2.15. The molecule has 0 unspecified atom stereocenters. The summed E-state index contributed by atoms with van der Waals surface area (Å²) in [6.07, 6.45) is 0. The fraction of sp³-hybridized carbons (Fsp3) is 0. The van der Waals surface area contributed by atoms with Gasteiger partial charge in [-0.3, -0.25) is 10.1 Å². The van der Waals surface area contributed by atoms with Crippen molar-refractivity contribution in [2.45, 2.75) is 0 Å². The van der Waals surface area contributed by atoms with Crippen LogP contribution in [0.2, 0.25) is 5.02 Å². The molecule has 4 aromatic rings. The van der Waals surface area contributed by atoms with E-state index in [0.717, 1.165) is 33.4 Å². The summed E-state index contributed by atoms with van der Waals surface area (Å²) in [5, 5.41) is 11.6. The summed E-state index contributed by atoms with van der Waals surface area (Å²) in [7, 11) is 0. The number of hydrogen-bond acceptors (Lipinski definition) is 2. The predicted molar refractivity (Wildman–Crippen MR) is 113 cm³/mol. The molecule has 0 spiro atoms. The fourth-order valence-electron chi connectivity index (χ4n) is 3.26. The van der Waals surface area contributed by atoms with E-state index >= 15 is 0 Å². The van der Waals surface area contributed by atoms with Gasteiger partial charge >= 0.3 is 0 Å². The van der Waals surface area contributed by atoms with Crippen molar-refractivity contribution in [3.63, 3.8) is 0 Å². The SMILES string of the molecule is O=[N+]([O-])c1ccc(-c2[c]ccc(-c3ccc(Cl)cc3)c2-c2ccc(F)cc2)cc1. The Morgan fingerprint density at radius 3 is 2.00 bits per heavy atom. The first-order chi connectivity index (χ1) is 14.0. The van der Waals surface area contributed by atoms with E-state index in [0.29, 0.717) is 5.02 Å². The van der Waals surface area contributed by atoms with Gasteiger partial charge in [0.2, 0.25) is 0 Å². The van der Waals surface area contributed by atoms with Crippen LogP contribution in [-0.2, 0) is 0 Å². The Morgan fingerprint density at radius 2 is 1.38 bits per heavy atom. The zero-order chi connectivity index (χ0) is 20.4. The number of rotatable bonds is 4. The molecule has 0 heterocycles. The van der Waals surface area contributed by atoms with E-state index in [1.807, 2.05) is 36.4 Å². The molecule has 0 aliphatic heterocycles. The van der Waals surface area contributed by atoms with Crippen molar-refractivity contribution in [1.29, 1.82) is 0 Å². The summed E-state index contributed by atoms with van der Waals surface area (Å²) >= 11 is 6.04. The maximum Gasteiger partial charge on any atom is 0.269 e. The maximum atomic E-state index is 13.5. The first kappa shape index (κ1) is 18.8. The molecule has 4 aromatic carbocycles. The van der Waals surface area contributed by atoms with Crippen molar-refractivity contribution in [1.82, 2.24) is 0 Å². The molecule has 1 radical (unpaired) electrons. The van der Waals surface area contributed by atoms with Crippen LogP contribution in [-0.4, -0.2) is 4.92 Å². The van der Waals surface area contributed by atoms with Crippen molar-refractivity contribution in [3.8, 4) is 33.4 Å². The third kappa shape index (κ3) is 3.89. The summed E-state index contributed by atoms with van der Waals surface area (Å²) in [6, 6.07) is 27.0. The second-order valence-electron chi connectivity index (χ2n) is 6.46. The van der Waals surface area contributed by atoms with E-state index in [1.54, 1.807) is 24.3 Å². The Kier molecular flexibility index (Phi) is 5.10. The Hall–Kier alpha value is -3.50. The second kappa shape index (κ2) is 7.86. The number of nitrogens with zero attached hydrogens (tertiary/aromatic N) is 1. The molecular formula is C24H14ClFNO2. The first-order valence-corrected chi connectivity index (χ1v) is 9.22. The van der Waals surface area contributed by atoms with Crippen LogP contribution in [0.15, 0.2) is 84.9 Å². The highest BCUT2D eigenvalue weighted by Crippen LogP contribution is 2.40. The lowest BCUT2D eigenvalue weighted by atomic mass is 9.87. The number of hydrogen-bond donors (Lipinski definition) is 0. The van der Waals surface area contributed by atoms with Crippen molar-refractivity contribution in [3.05, 3.63) is 112 Å². The predicted octanol–water partition coefficient (Wildman–Crippen LogP) is 7.19. The molecule has 3 nitrogen and oxygen atoms in total. The molecular weight excluding hydrogens is 389 g/mol. The summed E-state index contributed by atoms with van der Waals surface area (Å²) < 4.78 is 13.5. The Balaban J connectivity index is 1.95. The minimum absolute atomic E-state index is 0.0194. The van der Waals surface area contributed by atoms with E-state index in [4.69, 9.17) is 11.6 Å². The molecule has 29 heavy (non-hydrogen) atoms. The van der Waals surface area contributed by atoms with Gasteiger partial charge in [-0.1, -0.05) is 48.0 Å². The fourth-order valence-corrected chi connectivity index (χ4v) is 3.39. The molecule has 0 saturated carbocycles. The highest BCUT2D eigenvalue weighted by molar-refractivity contribution is 6.30. The highest BCUT2D eigenvalue weighted by atomic mass is 35.5. The summed E-state index contributed by atoms with van der Waals surface area (Å²) in [4.78, 5) is 10.6. The number of nitro benzene ring substituents is 1. The van der Waals surface area contributed by atoms with E-state index in [1.165, 1.54) is 24.3 Å². The molecule has 0 aliphatic rings. The minimum Gasteiger partial charge on any atom is -0.258 e. The molecule has 0 fully saturated rings. The summed E-state index contributed by atoms with van der Waals surface area (Å²) in [6.45, 7) is 0. The molecule has 0 bridgehead atoms. The molecule has 0 amide bonds. The molecule has 0 aliphatic carbocycles. The topological polar surface area (TPSA) is 43.1 Å². The van der Waals surface area contributed by atoms with Crippen LogP contribution in [0.5, 0.6) is 0 Å². The van der Waals surface area contributed by atoms with Crippen LogP contribution in [0, 0.1) is 22.0 Å². The maximum absolute atomic E-state index is 13.5. The zero-order valence-electron chi connectivity index (χ0n) is 15.1. The van der Waals surface area contributed by atoms with Crippen LogP contribution in [0.4, 0.5) is 10.1 Å². The largest absolute Gasteiger partial charge is 0.269 e. The average molecular weight is 403 g/mol. The van der Waals surface area contributed by atoms with Crippen LogP contribution in [0.1, 0.15) is 0 Å². The minimum atomic E-state index is -0.432. The molecule has 0 atom stereocenters. The summed E-state index contributed by atoms with van der Waals surface area (Å²) in [5.74, 6) is -0.321. The number of halogens is 2. The number of non-ortho nitro benzene ring substituents is 1. The molecule has 0 N–H and O–H groups in total. The smallest absolute Gasteiger partial charge is 0.258 e. The van der Waals surface area contributed by atoms with E-state index in [9.17, 15) is 14.5 Å².